The van der Waals surface area contributed by atoms with E-state index < -0.39 is 0 Å². The number of rotatable bonds is 2. The highest BCUT2D eigenvalue weighted by Gasteiger charge is 2.15. The average Bonchev–Trinajstić information content (AvgIpc) is 3.35. The van der Waals surface area contributed by atoms with Gasteiger partial charge in [-0.2, -0.15) is 0 Å². The minimum Gasteiger partial charge on any atom is -0.397 e. The zero-order valence-electron chi connectivity index (χ0n) is 21.6. The van der Waals surface area contributed by atoms with Crippen LogP contribution >= 0.6 is 0 Å². The second kappa shape index (κ2) is 10.00. The number of anilines is 2. The molecule has 34 heavy (non-hydrogen) atoms. The van der Waals surface area contributed by atoms with Crippen molar-refractivity contribution in [3.63, 3.8) is 0 Å². The first kappa shape index (κ1) is 24.8. The predicted molar refractivity (Wildman–Crippen MR) is 147 cm³/mol. The molecule has 0 saturated heterocycles. The van der Waals surface area contributed by atoms with Gasteiger partial charge in [0.1, 0.15) is 11.6 Å². The maximum Gasteiger partial charge on any atom is 0.140 e. The molecular weight excluding hydrogens is 420 g/mol. The van der Waals surface area contributed by atoms with E-state index in [0.29, 0.717) is 11.4 Å². The Morgan fingerprint density at radius 2 is 1.09 bits per heavy atom. The SMILES string of the molecule is CC.CC.Cc1cc2nc(-c3ccc4c(c3)nc(-c3ccc(N)c(N)c3)n4C)n(C)c2cc1C. The third kappa shape index (κ3) is 4.23. The fraction of sp³-hybridized carbons (Fsp3) is 0.286. The van der Waals surface area contributed by atoms with Gasteiger partial charge in [0.25, 0.3) is 0 Å². The van der Waals surface area contributed by atoms with Crippen molar-refractivity contribution in [3.8, 4) is 22.8 Å². The van der Waals surface area contributed by atoms with E-state index in [1.807, 2.05) is 52.9 Å². The molecule has 178 valence electrons. The summed E-state index contributed by atoms with van der Waals surface area (Å²) in [6.45, 7) is 12.3. The number of benzene rings is 3. The zero-order valence-corrected chi connectivity index (χ0v) is 21.6. The molecule has 0 spiro atoms. The van der Waals surface area contributed by atoms with Gasteiger partial charge in [-0.3, -0.25) is 0 Å². The minimum atomic E-state index is 0.561. The first-order valence-corrected chi connectivity index (χ1v) is 11.9. The topological polar surface area (TPSA) is 87.7 Å². The number of imidazole rings is 2. The van der Waals surface area contributed by atoms with E-state index >= 15 is 0 Å². The number of aromatic nitrogens is 4. The Bertz CT molecular complexity index is 1460. The number of nitrogen functional groups attached to an aromatic ring is 2. The molecule has 6 heteroatoms. The molecule has 4 N–H and O–H groups in total. The van der Waals surface area contributed by atoms with Gasteiger partial charge in [0.2, 0.25) is 0 Å². The van der Waals surface area contributed by atoms with Crippen molar-refractivity contribution in [3.05, 3.63) is 59.7 Å². The van der Waals surface area contributed by atoms with E-state index in [1.165, 1.54) is 11.1 Å². The van der Waals surface area contributed by atoms with Crippen LogP contribution < -0.4 is 11.5 Å². The van der Waals surface area contributed by atoms with Crippen LogP contribution in [0.2, 0.25) is 0 Å². The molecule has 0 aliphatic rings. The molecule has 2 aromatic heterocycles. The third-order valence-corrected chi connectivity index (χ3v) is 5.98. The fourth-order valence-electron chi connectivity index (χ4n) is 4.02. The lowest BCUT2D eigenvalue weighted by atomic mass is 10.1. The Morgan fingerprint density at radius 1 is 0.588 bits per heavy atom. The number of fused-ring (bicyclic) bond motifs is 2. The molecule has 6 nitrogen and oxygen atoms in total. The molecule has 5 rings (SSSR count). The minimum absolute atomic E-state index is 0.561. The summed E-state index contributed by atoms with van der Waals surface area (Å²) < 4.78 is 4.22. The van der Waals surface area contributed by atoms with Crippen molar-refractivity contribution in [2.45, 2.75) is 41.5 Å². The molecule has 0 aliphatic carbocycles. The number of hydrogen-bond donors (Lipinski definition) is 2. The van der Waals surface area contributed by atoms with Gasteiger partial charge in [0, 0.05) is 25.2 Å². The largest absolute Gasteiger partial charge is 0.397 e. The van der Waals surface area contributed by atoms with Crippen LogP contribution in [0.4, 0.5) is 11.4 Å². The summed E-state index contributed by atoms with van der Waals surface area (Å²) in [4.78, 5) is 9.78. The summed E-state index contributed by atoms with van der Waals surface area (Å²) in [7, 11) is 4.07. The maximum atomic E-state index is 6.00. The van der Waals surface area contributed by atoms with Crippen molar-refractivity contribution in [1.29, 1.82) is 0 Å². The Morgan fingerprint density at radius 3 is 1.71 bits per heavy atom. The first-order valence-electron chi connectivity index (χ1n) is 11.9. The number of nitrogens with two attached hydrogens (primary N) is 2. The van der Waals surface area contributed by atoms with Crippen LogP contribution in [0.15, 0.2) is 48.5 Å². The van der Waals surface area contributed by atoms with Crippen molar-refractivity contribution in [1.82, 2.24) is 19.1 Å². The van der Waals surface area contributed by atoms with Gasteiger partial charge < -0.3 is 20.6 Å². The van der Waals surface area contributed by atoms with Crippen LogP contribution in [0, 0.1) is 13.8 Å². The van der Waals surface area contributed by atoms with E-state index in [1.54, 1.807) is 0 Å². The molecule has 0 fully saturated rings. The van der Waals surface area contributed by atoms with Crippen LogP contribution in [0.25, 0.3) is 44.8 Å². The number of aryl methyl sites for hydroxylation is 4. The Hall–Kier alpha value is -3.80. The predicted octanol–water partition coefficient (Wildman–Crippen LogP) is 6.63. The smallest absolute Gasteiger partial charge is 0.140 e. The summed E-state index contributed by atoms with van der Waals surface area (Å²) in [6, 6.07) is 16.3. The third-order valence-electron chi connectivity index (χ3n) is 5.98. The Kier molecular flexibility index (Phi) is 7.30. The Balaban J connectivity index is 0.000000771. The van der Waals surface area contributed by atoms with Gasteiger partial charge in [-0.05, 0) is 73.5 Å². The first-order chi connectivity index (χ1) is 16.3. The lowest BCUT2D eigenvalue weighted by Gasteiger charge is -2.05. The van der Waals surface area contributed by atoms with Gasteiger partial charge in [0.05, 0.1) is 33.4 Å². The van der Waals surface area contributed by atoms with Crippen molar-refractivity contribution in [2.75, 3.05) is 11.5 Å². The molecule has 2 heterocycles. The molecule has 0 unspecified atom stereocenters. The monoisotopic (exact) mass is 456 g/mol. The van der Waals surface area contributed by atoms with Crippen molar-refractivity contribution in [2.24, 2.45) is 14.1 Å². The van der Waals surface area contributed by atoms with E-state index in [-0.39, 0.29) is 0 Å². The molecule has 5 aromatic rings. The molecule has 3 aromatic carbocycles. The summed E-state index contributed by atoms with van der Waals surface area (Å²) in [5.74, 6) is 1.78. The van der Waals surface area contributed by atoms with Gasteiger partial charge in [-0.25, -0.2) is 9.97 Å². The normalized spacial score (nSPS) is 10.6. The zero-order chi connectivity index (χ0) is 25.2. The van der Waals surface area contributed by atoms with Gasteiger partial charge >= 0.3 is 0 Å². The highest BCUT2D eigenvalue weighted by atomic mass is 15.1. The molecule has 0 radical (unpaired) electrons. The number of nitrogens with zero attached hydrogens (tertiary/aromatic N) is 4. The second-order valence-corrected chi connectivity index (χ2v) is 7.96. The van der Waals surface area contributed by atoms with Gasteiger partial charge in [-0.15, -0.1) is 0 Å². The van der Waals surface area contributed by atoms with Crippen molar-refractivity contribution < 1.29 is 0 Å². The van der Waals surface area contributed by atoms with E-state index in [0.717, 1.165) is 44.8 Å². The van der Waals surface area contributed by atoms with Crippen LogP contribution in [0.1, 0.15) is 38.8 Å². The highest BCUT2D eigenvalue weighted by Crippen LogP contribution is 2.31. The second-order valence-electron chi connectivity index (χ2n) is 7.96. The summed E-state index contributed by atoms with van der Waals surface area (Å²) in [5.41, 5.74) is 21.6. The molecule has 0 amide bonds. The lowest BCUT2D eigenvalue weighted by molar-refractivity contribution is 0.956. The van der Waals surface area contributed by atoms with Crippen molar-refractivity contribution >= 4 is 33.4 Å². The maximum absolute atomic E-state index is 6.00. The van der Waals surface area contributed by atoms with Crippen LogP contribution in [0.5, 0.6) is 0 Å². The lowest BCUT2D eigenvalue weighted by Crippen LogP contribution is -1.97. The van der Waals surface area contributed by atoms with Crippen LogP contribution in [-0.2, 0) is 14.1 Å². The molecule has 0 aliphatic heterocycles. The van der Waals surface area contributed by atoms with Gasteiger partial charge in [0.15, 0.2) is 0 Å². The fourth-order valence-corrected chi connectivity index (χ4v) is 4.02. The molecular formula is C28H36N6. The molecule has 0 bridgehead atoms. The van der Waals surface area contributed by atoms with Gasteiger partial charge in [-0.1, -0.05) is 27.7 Å². The summed E-state index contributed by atoms with van der Waals surface area (Å²) in [5, 5.41) is 0. The summed E-state index contributed by atoms with van der Waals surface area (Å²) >= 11 is 0. The summed E-state index contributed by atoms with van der Waals surface area (Å²) in [6.07, 6.45) is 0. The highest BCUT2D eigenvalue weighted by molar-refractivity contribution is 5.88. The average molecular weight is 457 g/mol. The van der Waals surface area contributed by atoms with Crippen LogP contribution in [0.3, 0.4) is 0 Å². The standard InChI is InChI=1S/C24H24N6.2C2H6/c1-13-9-19-22(10-14(13)2)30(4)24(27-19)16-6-8-21-20(12-16)28-23(29(21)3)15-5-7-17(25)18(26)11-15;2*1-2/h5-12H,25-26H2,1-4H3;2*1-2H3. The molecule has 0 saturated carbocycles. The molecule has 0 atom stereocenters. The number of hydrogen-bond acceptors (Lipinski definition) is 4. The van der Waals surface area contributed by atoms with E-state index in [9.17, 15) is 0 Å². The Labute approximate surface area is 202 Å². The van der Waals surface area contributed by atoms with E-state index in [4.69, 9.17) is 21.4 Å². The van der Waals surface area contributed by atoms with E-state index in [2.05, 4.69) is 60.4 Å². The van der Waals surface area contributed by atoms with Crippen LogP contribution in [-0.4, -0.2) is 19.1 Å². The quantitative estimate of drug-likeness (QED) is 0.292.